The van der Waals surface area contributed by atoms with Gasteiger partial charge < -0.3 is 23.5 Å². The van der Waals surface area contributed by atoms with Crippen molar-refractivity contribution in [3.05, 3.63) is 114 Å². The molecular weight excluding hydrogens is 498 g/mol. The Morgan fingerprint density at radius 2 is 1.43 bits per heavy atom. The van der Waals surface area contributed by atoms with E-state index in [-0.39, 0.29) is 0 Å². The summed E-state index contributed by atoms with van der Waals surface area (Å²) in [6, 6.07) is 31.0. The molecule has 0 N–H and O–H groups in total. The molecule has 0 saturated heterocycles. The smallest absolute Gasteiger partial charge is 0.178 e. The van der Waals surface area contributed by atoms with Crippen LogP contribution in [-0.2, 0) is 5.60 Å². The highest BCUT2D eigenvalue weighted by atomic mass is 16.5. The van der Waals surface area contributed by atoms with Gasteiger partial charge in [0.05, 0.1) is 19.6 Å². The maximum Gasteiger partial charge on any atom is 0.178 e. The number of nitrogens with zero attached hydrogens (tertiary/aromatic N) is 1. The molecule has 6 aromatic rings. The van der Waals surface area contributed by atoms with Crippen LogP contribution in [0.15, 0.2) is 101 Å². The largest absolute Gasteiger partial charge is 0.496 e. The molecule has 0 spiro atoms. The zero-order valence-corrected chi connectivity index (χ0v) is 22.9. The summed E-state index contributed by atoms with van der Waals surface area (Å²) >= 11 is 0. The molecule has 2 heterocycles. The van der Waals surface area contributed by atoms with Crippen molar-refractivity contribution < 1.29 is 18.6 Å². The fraction of sp³-hybridized carbons (Fsp3) is 0.143. The van der Waals surface area contributed by atoms with E-state index in [1.54, 1.807) is 14.2 Å². The monoisotopic (exact) mass is 527 g/mol. The molecule has 5 heteroatoms. The van der Waals surface area contributed by atoms with Crippen molar-refractivity contribution in [2.75, 3.05) is 33.2 Å². The molecule has 0 bridgehead atoms. The van der Waals surface area contributed by atoms with Gasteiger partial charge in [-0.05, 0) is 24.3 Å². The van der Waals surface area contributed by atoms with Crippen LogP contribution in [-0.4, -0.2) is 28.3 Å². The summed E-state index contributed by atoms with van der Waals surface area (Å²) in [5, 5.41) is 3.83. The standard InChI is InChI=1S/C35H29NO4/c1-36(2)24-16-14-23(15-17-24)35(22-10-6-5-7-11-22)19-18-28-31-32-29(38-4)20-25(37-3)21-30(32)39-34(31)27-13-9-8-12-26(27)33(28)40-35/h5-21H,1-4H3. The first-order chi connectivity index (χ1) is 19.5. The van der Waals surface area contributed by atoms with Gasteiger partial charge in [0.2, 0.25) is 0 Å². The predicted octanol–water partition coefficient (Wildman–Crippen LogP) is 8.17. The maximum atomic E-state index is 7.24. The van der Waals surface area contributed by atoms with Crippen LogP contribution in [0.5, 0.6) is 17.2 Å². The first-order valence-corrected chi connectivity index (χ1v) is 13.3. The molecule has 0 fully saturated rings. The third kappa shape index (κ3) is 3.47. The van der Waals surface area contributed by atoms with Gasteiger partial charge in [0, 0.05) is 64.8 Å². The van der Waals surface area contributed by atoms with Gasteiger partial charge in [-0.2, -0.15) is 0 Å². The van der Waals surface area contributed by atoms with E-state index in [4.69, 9.17) is 18.6 Å². The van der Waals surface area contributed by atoms with Crippen molar-refractivity contribution >= 4 is 44.5 Å². The summed E-state index contributed by atoms with van der Waals surface area (Å²) in [4.78, 5) is 2.10. The molecule has 1 aliphatic rings. The number of methoxy groups -OCH3 is 2. The summed E-state index contributed by atoms with van der Waals surface area (Å²) in [7, 11) is 7.41. The molecule has 198 valence electrons. The van der Waals surface area contributed by atoms with Crippen molar-refractivity contribution in [1.29, 1.82) is 0 Å². The highest BCUT2D eigenvalue weighted by Crippen LogP contribution is 2.52. The second kappa shape index (κ2) is 9.09. The molecule has 5 aromatic carbocycles. The van der Waals surface area contributed by atoms with E-state index >= 15 is 0 Å². The summed E-state index contributed by atoms with van der Waals surface area (Å²) in [5.41, 5.74) is 4.89. The lowest BCUT2D eigenvalue weighted by molar-refractivity contribution is 0.164. The highest BCUT2D eigenvalue weighted by molar-refractivity contribution is 6.22. The lowest BCUT2D eigenvalue weighted by atomic mass is 9.82. The molecule has 0 amide bonds. The summed E-state index contributed by atoms with van der Waals surface area (Å²) in [5.74, 6) is 2.18. The molecule has 0 radical (unpaired) electrons. The normalized spacial score (nSPS) is 16.2. The Labute approximate surface area is 232 Å². The zero-order valence-electron chi connectivity index (χ0n) is 22.9. The van der Waals surface area contributed by atoms with Crippen molar-refractivity contribution in [2.24, 2.45) is 0 Å². The number of anilines is 1. The Kier molecular flexibility index (Phi) is 5.49. The van der Waals surface area contributed by atoms with Gasteiger partial charge >= 0.3 is 0 Å². The van der Waals surface area contributed by atoms with Gasteiger partial charge in [-0.1, -0.05) is 66.7 Å². The Hall–Kier alpha value is -4.90. The van der Waals surface area contributed by atoms with Gasteiger partial charge in [-0.15, -0.1) is 0 Å². The third-order valence-corrected chi connectivity index (χ3v) is 7.88. The van der Waals surface area contributed by atoms with Crippen LogP contribution in [0.25, 0.3) is 38.8 Å². The minimum absolute atomic E-state index is 0.678. The first-order valence-electron chi connectivity index (χ1n) is 13.3. The van der Waals surface area contributed by atoms with Crippen LogP contribution in [0.3, 0.4) is 0 Å². The first kappa shape index (κ1) is 24.2. The number of rotatable bonds is 5. The summed E-state index contributed by atoms with van der Waals surface area (Å²) in [6.07, 6.45) is 4.34. The third-order valence-electron chi connectivity index (χ3n) is 7.88. The van der Waals surface area contributed by atoms with Crippen LogP contribution < -0.4 is 19.1 Å². The number of hydrogen-bond acceptors (Lipinski definition) is 5. The minimum atomic E-state index is -0.817. The lowest BCUT2D eigenvalue weighted by Crippen LogP contribution is -2.34. The van der Waals surface area contributed by atoms with Crippen LogP contribution >= 0.6 is 0 Å². The Balaban J connectivity index is 1.56. The van der Waals surface area contributed by atoms with Gasteiger partial charge in [0.1, 0.15) is 28.4 Å². The topological polar surface area (TPSA) is 44.1 Å². The Morgan fingerprint density at radius 1 is 0.725 bits per heavy atom. The van der Waals surface area contributed by atoms with Crippen molar-refractivity contribution in [1.82, 2.24) is 0 Å². The van der Waals surface area contributed by atoms with Gasteiger partial charge in [0.25, 0.3) is 0 Å². The maximum absolute atomic E-state index is 7.24. The van der Waals surface area contributed by atoms with Gasteiger partial charge in [-0.25, -0.2) is 0 Å². The van der Waals surface area contributed by atoms with E-state index in [9.17, 15) is 0 Å². The number of benzene rings is 5. The Bertz CT molecular complexity index is 1920. The fourth-order valence-corrected chi connectivity index (χ4v) is 5.87. The van der Waals surface area contributed by atoms with E-state index in [0.29, 0.717) is 17.1 Å². The second-order valence-corrected chi connectivity index (χ2v) is 10.3. The molecule has 1 aromatic heterocycles. The zero-order chi connectivity index (χ0) is 27.4. The summed E-state index contributed by atoms with van der Waals surface area (Å²) < 4.78 is 25.1. The second-order valence-electron chi connectivity index (χ2n) is 10.3. The van der Waals surface area contributed by atoms with Crippen molar-refractivity contribution in [3.63, 3.8) is 0 Å². The molecule has 1 unspecified atom stereocenters. The number of furan rings is 1. The van der Waals surface area contributed by atoms with Crippen LogP contribution in [0.1, 0.15) is 16.7 Å². The number of fused-ring (bicyclic) bond motifs is 8. The minimum Gasteiger partial charge on any atom is -0.496 e. The van der Waals surface area contributed by atoms with Crippen molar-refractivity contribution in [2.45, 2.75) is 5.60 Å². The van der Waals surface area contributed by atoms with E-state index in [1.165, 1.54) is 0 Å². The lowest BCUT2D eigenvalue weighted by Gasteiger charge is -2.37. The van der Waals surface area contributed by atoms with Crippen LogP contribution in [0.4, 0.5) is 5.69 Å². The van der Waals surface area contributed by atoms with Crippen molar-refractivity contribution in [3.8, 4) is 17.2 Å². The summed E-state index contributed by atoms with van der Waals surface area (Å²) in [6.45, 7) is 0. The highest BCUT2D eigenvalue weighted by Gasteiger charge is 2.39. The molecule has 0 aliphatic carbocycles. The van der Waals surface area contributed by atoms with E-state index in [2.05, 4.69) is 77.7 Å². The van der Waals surface area contributed by atoms with Gasteiger partial charge in [0.15, 0.2) is 5.60 Å². The van der Waals surface area contributed by atoms with Crippen LogP contribution in [0.2, 0.25) is 0 Å². The van der Waals surface area contributed by atoms with Gasteiger partial charge in [-0.3, -0.25) is 0 Å². The molecule has 5 nitrogen and oxygen atoms in total. The fourth-order valence-electron chi connectivity index (χ4n) is 5.87. The van der Waals surface area contributed by atoms with E-state index < -0.39 is 5.60 Å². The van der Waals surface area contributed by atoms with Crippen LogP contribution in [0, 0.1) is 0 Å². The quantitative estimate of drug-likeness (QED) is 0.226. The van der Waals surface area contributed by atoms with E-state index in [1.807, 2.05) is 44.4 Å². The molecule has 1 atom stereocenters. The predicted molar refractivity (Wildman–Crippen MR) is 162 cm³/mol. The number of ether oxygens (including phenoxy) is 3. The molecule has 7 rings (SSSR count). The SMILES string of the molecule is COc1cc(OC)c2c(c1)oc1c3ccccc3c3c(c12)C=CC(c1ccccc1)(c1ccc(N(C)C)cc1)O3. The number of hydrogen-bond donors (Lipinski definition) is 0. The van der Waals surface area contributed by atoms with E-state index in [0.717, 1.165) is 55.3 Å². The average molecular weight is 528 g/mol. The molecule has 40 heavy (non-hydrogen) atoms. The molecule has 0 saturated carbocycles. The average Bonchev–Trinajstić information content (AvgIpc) is 3.41. The Morgan fingerprint density at radius 3 is 2.12 bits per heavy atom. The molecule has 1 aliphatic heterocycles. The molecular formula is C35H29NO4.